The highest BCUT2D eigenvalue weighted by Crippen LogP contribution is 2.24. The number of aliphatic hydroxyl groups excluding tert-OH is 1. The minimum Gasteiger partial charge on any atom is -0.398 e. The molecule has 0 aliphatic rings. The van der Waals surface area contributed by atoms with Crippen molar-refractivity contribution in [3.8, 4) is 0 Å². The molecule has 102 valence electrons. The van der Waals surface area contributed by atoms with Crippen molar-refractivity contribution >= 4 is 31.6 Å². The predicted molar refractivity (Wildman–Crippen MR) is 74.7 cm³/mol. The Labute approximate surface area is 116 Å². The molecule has 0 atom stereocenters. The van der Waals surface area contributed by atoms with Gasteiger partial charge in [-0.3, -0.25) is 0 Å². The summed E-state index contributed by atoms with van der Waals surface area (Å²) in [6, 6.07) is 4.42. The lowest BCUT2D eigenvalue weighted by Gasteiger charge is -2.25. The predicted octanol–water partition coefficient (Wildman–Crippen LogP) is 1.47. The van der Waals surface area contributed by atoms with E-state index >= 15 is 0 Å². The molecule has 0 amide bonds. The molecule has 18 heavy (non-hydrogen) atoms. The van der Waals surface area contributed by atoms with E-state index < -0.39 is 15.6 Å². The van der Waals surface area contributed by atoms with Gasteiger partial charge < -0.3 is 10.8 Å². The number of benzene rings is 1. The summed E-state index contributed by atoms with van der Waals surface area (Å²) in [6.45, 7) is 3.35. The third kappa shape index (κ3) is 3.94. The Kier molecular flexibility index (Phi) is 4.77. The van der Waals surface area contributed by atoms with Gasteiger partial charge in [-0.1, -0.05) is 0 Å². The van der Waals surface area contributed by atoms with Crippen molar-refractivity contribution in [2.45, 2.75) is 30.7 Å². The number of aliphatic hydroxyl groups is 1. The molecule has 0 saturated heterocycles. The molecule has 0 aliphatic carbocycles. The van der Waals surface area contributed by atoms with Crippen molar-refractivity contribution in [3.63, 3.8) is 0 Å². The third-order valence-electron chi connectivity index (χ3n) is 2.43. The van der Waals surface area contributed by atoms with E-state index in [2.05, 4.69) is 20.7 Å². The molecule has 1 aromatic rings. The van der Waals surface area contributed by atoms with Crippen LogP contribution in [0.3, 0.4) is 0 Å². The van der Waals surface area contributed by atoms with Gasteiger partial charge in [0.25, 0.3) is 0 Å². The molecular formula is C11H17BrN2O3S. The Bertz CT molecular complexity index is 529. The first-order valence-electron chi connectivity index (χ1n) is 5.38. The normalized spacial score (nSPS) is 12.7. The van der Waals surface area contributed by atoms with Gasteiger partial charge in [0.2, 0.25) is 10.0 Å². The van der Waals surface area contributed by atoms with Crippen molar-refractivity contribution in [2.24, 2.45) is 0 Å². The first-order valence-corrected chi connectivity index (χ1v) is 7.65. The Morgan fingerprint density at radius 2 is 2.06 bits per heavy atom. The number of hydrogen-bond donors (Lipinski definition) is 3. The lowest BCUT2D eigenvalue weighted by Crippen LogP contribution is -2.43. The molecule has 5 nitrogen and oxygen atoms in total. The van der Waals surface area contributed by atoms with Crippen LogP contribution in [0, 0.1) is 0 Å². The zero-order valence-electron chi connectivity index (χ0n) is 10.3. The van der Waals surface area contributed by atoms with Gasteiger partial charge in [0, 0.05) is 22.3 Å². The molecule has 0 aliphatic heterocycles. The molecule has 1 rings (SSSR count). The van der Waals surface area contributed by atoms with E-state index in [0.29, 0.717) is 16.6 Å². The summed E-state index contributed by atoms with van der Waals surface area (Å²) in [4.78, 5) is 0.134. The van der Waals surface area contributed by atoms with Crippen LogP contribution >= 0.6 is 15.9 Å². The first kappa shape index (κ1) is 15.4. The number of nitrogens with one attached hydrogen (secondary N) is 1. The molecule has 0 heterocycles. The summed E-state index contributed by atoms with van der Waals surface area (Å²) < 4.78 is 27.3. The molecule has 7 heteroatoms. The number of nitrogens with two attached hydrogens (primary N) is 1. The maximum absolute atomic E-state index is 12.1. The van der Waals surface area contributed by atoms with Crippen LogP contribution in [0.25, 0.3) is 0 Å². The van der Waals surface area contributed by atoms with Gasteiger partial charge in [0.15, 0.2) is 0 Å². The van der Waals surface area contributed by atoms with Crippen molar-refractivity contribution in [1.29, 1.82) is 0 Å². The molecule has 0 fully saturated rings. The van der Waals surface area contributed by atoms with Crippen LogP contribution in [-0.4, -0.2) is 25.7 Å². The smallest absolute Gasteiger partial charge is 0.241 e. The highest BCUT2D eigenvalue weighted by molar-refractivity contribution is 9.10. The Morgan fingerprint density at radius 1 is 1.44 bits per heavy atom. The zero-order chi connectivity index (χ0) is 14.0. The van der Waals surface area contributed by atoms with Crippen molar-refractivity contribution in [1.82, 2.24) is 4.72 Å². The molecule has 0 aromatic heterocycles. The van der Waals surface area contributed by atoms with E-state index in [1.165, 1.54) is 18.2 Å². The number of nitrogen functional groups attached to an aromatic ring is 1. The van der Waals surface area contributed by atoms with E-state index in [1.807, 2.05) is 0 Å². The van der Waals surface area contributed by atoms with Crippen LogP contribution in [0.2, 0.25) is 0 Å². The number of halogens is 1. The fourth-order valence-corrected chi connectivity index (χ4v) is 3.43. The molecule has 0 spiro atoms. The standard InChI is InChI=1S/C11H17BrN2O3S/c1-11(2,5-6-15)14-18(16,17)8-3-4-10(13)9(12)7-8/h3-4,7,14-15H,5-6,13H2,1-2H3. The highest BCUT2D eigenvalue weighted by atomic mass is 79.9. The Morgan fingerprint density at radius 3 is 2.56 bits per heavy atom. The van der Waals surface area contributed by atoms with E-state index in [4.69, 9.17) is 10.8 Å². The largest absolute Gasteiger partial charge is 0.398 e. The van der Waals surface area contributed by atoms with Gasteiger partial charge in [0.05, 0.1) is 4.90 Å². The first-order chi connectivity index (χ1) is 8.18. The second kappa shape index (κ2) is 5.56. The summed E-state index contributed by atoms with van der Waals surface area (Å²) in [6.07, 6.45) is 0.336. The topological polar surface area (TPSA) is 92.4 Å². The molecule has 4 N–H and O–H groups in total. The fraction of sp³-hybridized carbons (Fsp3) is 0.455. The van der Waals surface area contributed by atoms with Crippen molar-refractivity contribution in [3.05, 3.63) is 22.7 Å². The van der Waals surface area contributed by atoms with E-state index in [-0.39, 0.29) is 11.5 Å². The second-order valence-electron chi connectivity index (χ2n) is 4.65. The second-order valence-corrected chi connectivity index (χ2v) is 7.18. The Hall–Kier alpha value is -0.630. The lowest BCUT2D eigenvalue weighted by molar-refractivity contribution is 0.246. The molecule has 0 saturated carbocycles. The van der Waals surface area contributed by atoms with Crippen LogP contribution < -0.4 is 10.5 Å². The van der Waals surface area contributed by atoms with Crippen LogP contribution in [0.1, 0.15) is 20.3 Å². The lowest BCUT2D eigenvalue weighted by atomic mass is 10.0. The van der Waals surface area contributed by atoms with Crippen LogP contribution in [0.15, 0.2) is 27.6 Å². The summed E-state index contributed by atoms with van der Waals surface area (Å²) in [5, 5.41) is 8.89. The van der Waals surface area contributed by atoms with Crippen molar-refractivity contribution < 1.29 is 13.5 Å². The SMILES string of the molecule is CC(C)(CCO)NS(=O)(=O)c1ccc(N)c(Br)c1. The van der Waals surface area contributed by atoms with E-state index in [1.54, 1.807) is 13.8 Å². The quantitative estimate of drug-likeness (QED) is 0.710. The van der Waals surface area contributed by atoms with Gasteiger partial charge in [-0.05, 0) is 54.4 Å². The van der Waals surface area contributed by atoms with Gasteiger partial charge >= 0.3 is 0 Å². The molecule has 0 unspecified atom stereocenters. The number of hydrogen-bond acceptors (Lipinski definition) is 4. The van der Waals surface area contributed by atoms with E-state index in [0.717, 1.165) is 0 Å². The third-order valence-corrected chi connectivity index (χ3v) is 4.81. The maximum atomic E-state index is 12.1. The van der Waals surface area contributed by atoms with Gasteiger partial charge in [-0.15, -0.1) is 0 Å². The average Bonchev–Trinajstić information content (AvgIpc) is 2.20. The minimum atomic E-state index is -3.63. The Balaban J connectivity index is 3.03. The van der Waals surface area contributed by atoms with Gasteiger partial charge in [-0.2, -0.15) is 0 Å². The van der Waals surface area contributed by atoms with Crippen LogP contribution in [0.4, 0.5) is 5.69 Å². The number of sulfonamides is 1. The van der Waals surface area contributed by atoms with Crippen LogP contribution in [0.5, 0.6) is 0 Å². The monoisotopic (exact) mass is 336 g/mol. The summed E-state index contributed by atoms with van der Waals surface area (Å²) in [5.74, 6) is 0. The molecule has 0 radical (unpaired) electrons. The summed E-state index contributed by atoms with van der Waals surface area (Å²) >= 11 is 3.19. The maximum Gasteiger partial charge on any atom is 0.241 e. The number of rotatable bonds is 5. The van der Waals surface area contributed by atoms with E-state index in [9.17, 15) is 8.42 Å². The molecule has 1 aromatic carbocycles. The average molecular weight is 337 g/mol. The van der Waals surface area contributed by atoms with Crippen molar-refractivity contribution in [2.75, 3.05) is 12.3 Å². The minimum absolute atomic E-state index is 0.0824. The summed E-state index contributed by atoms with van der Waals surface area (Å²) in [7, 11) is -3.63. The zero-order valence-corrected chi connectivity index (χ0v) is 12.7. The van der Waals surface area contributed by atoms with Crippen LogP contribution in [-0.2, 0) is 10.0 Å². The highest BCUT2D eigenvalue weighted by Gasteiger charge is 2.25. The fourth-order valence-electron chi connectivity index (χ4n) is 1.43. The summed E-state index contributed by atoms with van der Waals surface area (Å²) in [5.41, 5.74) is 5.38. The van der Waals surface area contributed by atoms with Gasteiger partial charge in [0.1, 0.15) is 0 Å². The molecular weight excluding hydrogens is 320 g/mol. The molecule has 0 bridgehead atoms. The number of anilines is 1. The van der Waals surface area contributed by atoms with Gasteiger partial charge in [-0.25, -0.2) is 13.1 Å².